The van der Waals surface area contributed by atoms with Crippen LogP contribution in [0.3, 0.4) is 0 Å². The van der Waals surface area contributed by atoms with E-state index in [1.54, 1.807) is 0 Å². The summed E-state index contributed by atoms with van der Waals surface area (Å²) in [6, 6.07) is 0. The Balaban J connectivity index is 2.80. The highest BCUT2D eigenvalue weighted by Crippen LogP contribution is 1.96. The van der Waals surface area contributed by atoms with Crippen LogP contribution in [0.25, 0.3) is 0 Å². The lowest BCUT2D eigenvalue weighted by Crippen LogP contribution is -2.15. The van der Waals surface area contributed by atoms with Crippen molar-refractivity contribution in [3.05, 3.63) is 0 Å². The van der Waals surface area contributed by atoms with E-state index in [0.29, 0.717) is 0 Å². The van der Waals surface area contributed by atoms with Crippen LogP contribution < -0.4 is 5.32 Å². The van der Waals surface area contributed by atoms with Gasteiger partial charge in [-0.2, -0.15) is 0 Å². The van der Waals surface area contributed by atoms with Crippen molar-refractivity contribution in [2.24, 2.45) is 0 Å². The molecule has 0 aromatic carbocycles. The maximum Gasteiger partial charge on any atom is 0.0277 e. The van der Waals surface area contributed by atoms with E-state index in [1.165, 1.54) is 25.7 Å². The van der Waals surface area contributed by atoms with Gasteiger partial charge in [0.1, 0.15) is 0 Å². The van der Waals surface area contributed by atoms with Crippen LogP contribution in [-0.2, 0) is 0 Å². The fourth-order valence-corrected chi connectivity index (χ4v) is 0.923. The average Bonchev–Trinajstić information content (AvgIpc) is 1.96. The van der Waals surface area contributed by atoms with Crippen LogP contribution in [0, 0.1) is 0 Å². The van der Waals surface area contributed by atoms with Crippen LogP contribution in [-0.4, -0.2) is 13.1 Å². The number of nitrogens with one attached hydrogen (secondary N) is 1. The fraction of sp³-hybridized carbons (Fsp3) is 1.00. The van der Waals surface area contributed by atoms with E-state index in [0.717, 1.165) is 13.1 Å². The van der Waals surface area contributed by atoms with Gasteiger partial charge in [-0.1, -0.05) is 33.1 Å². The molecule has 0 heterocycles. The summed E-state index contributed by atoms with van der Waals surface area (Å²) in [5.74, 6) is 0. The highest BCUT2D eigenvalue weighted by Gasteiger charge is 1.85. The molecule has 0 aromatic rings. The molecule has 0 aliphatic heterocycles. The van der Waals surface area contributed by atoms with Crippen molar-refractivity contribution in [1.82, 2.24) is 5.32 Å². The first-order chi connectivity index (χ1) is 5.27. The first-order valence-electron chi connectivity index (χ1n) is 4.98. The van der Waals surface area contributed by atoms with E-state index in [-0.39, 0.29) is 6.40 Å². The smallest absolute Gasteiger partial charge is 0.0277 e. The van der Waals surface area contributed by atoms with Gasteiger partial charge in [0.15, 0.2) is 0 Å². The van der Waals surface area contributed by atoms with Crippen LogP contribution in [0.5, 0.6) is 0 Å². The van der Waals surface area contributed by atoms with Gasteiger partial charge in [-0.25, -0.2) is 0 Å². The van der Waals surface area contributed by atoms with Gasteiger partial charge >= 0.3 is 0 Å². The Morgan fingerprint density at radius 1 is 1.10 bits per heavy atom. The molecule has 0 radical (unpaired) electrons. The van der Waals surface area contributed by atoms with Crippen LogP contribution >= 0.6 is 0 Å². The van der Waals surface area contributed by atoms with Crippen molar-refractivity contribution in [3.63, 3.8) is 0 Å². The summed E-state index contributed by atoms with van der Waals surface area (Å²) in [6.45, 7) is 6.06. The number of unbranched alkanes of at least 4 members (excludes halogenated alkanes) is 3. The molecule has 1 nitrogen and oxygen atoms in total. The Labute approximate surface area is 66.6 Å². The molecule has 0 saturated carbocycles. The van der Waals surface area contributed by atoms with Crippen LogP contribution in [0.15, 0.2) is 0 Å². The third-order valence-corrected chi connectivity index (χ3v) is 1.56. The van der Waals surface area contributed by atoms with Gasteiger partial charge in [-0.15, -0.1) is 0 Å². The maximum atomic E-state index is 7.23. The summed E-state index contributed by atoms with van der Waals surface area (Å²) in [5.41, 5.74) is 0. The Kier molecular flexibility index (Phi) is 7.22. The molecule has 0 aliphatic rings. The summed E-state index contributed by atoms with van der Waals surface area (Å²) in [4.78, 5) is 0. The minimum atomic E-state index is 0.0428. The zero-order chi connectivity index (χ0) is 8.53. The summed E-state index contributed by atoms with van der Waals surface area (Å²) >= 11 is 0. The lowest BCUT2D eigenvalue weighted by Gasteiger charge is -2.00. The van der Waals surface area contributed by atoms with Gasteiger partial charge in [-0.3, -0.25) is 0 Å². The highest BCUT2D eigenvalue weighted by molar-refractivity contribution is 4.46. The van der Waals surface area contributed by atoms with Crippen molar-refractivity contribution in [2.75, 3.05) is 13.1 Å². The Hall–Kier alpha value is -0.0400. The highest BCUT2D eigenvalue weighted by atomic mass is 14.8. The molecule has 1 atom stereocenters. The lowest BCUT2D eigenvalue weighted by atomic mass is 10.2. The van der Waals surface area contributed by atoms with Crippen molar-refractivity contribution in [2.45, 2.75) is 45.9 Å². The first-order valence-corrected chi connectivity index (χ1v) is 4.40. The fourth-order valence-electron chi connectivity index (χ4n) is 0.923. The molecular formula is C9H21N. The molecule has 0 spiro atoms. The maximum absolute atomic E-state index is 7.23. The predicted molar refractivity (Wildman–Crippen MR) is 47.3 cm³/mol. The number of hydrogen-bond donors (Lipinski definition) is 1. The summed E-state index contributed by atoms with van der Waals surface area (Å²) in [7, 11) is 0. The predicted octanol–water partition coefficient (Wildman–Crippen LogP) is 2.57. The number of hydrogen-bond acceptors (Lipinski definition) is 1. The molecule has 0 fully saturated rings. The van der Waals surface area contributed by atoms with Gasteiger partial charge in [0.05, 0.1) is 0 Å². The molecule has 0 aliphatic carbocycles. The first kappa shape index (κ1) is 8.06. The zero-order valence-electron chi connectivity index (χ0n) is 8.32. The second-order valence-corrected chi connectivity index (χ2v) is 2.67. The molecule has 0 amide bonds. The normalized spacial score (nSPS) is 14.8. The molecule has 0 rings (SSSR count). The van der Waals surface area contributed by atoms with Crippen molar-refractivity contribution < 1.29 is 1.37 Å². The van der Waals surface area contributed by atoms with Gasteiger partial charge in [0.25, 0.3) is 0 Å². The second kappa shape index (κ2) is 8.96. The minimum Gasteiger partial charge on any atom is -0.317 e. The molecular weight excluding hydrogens is 122 g/mol. The molecule has 0 bridgehead atoms. The Bertz CT molecular complexity index is 74.0. The standard InChI is InChI=1S/C9H21N/c1-3-5-6-7-9-10-8-4-2/h10H,3-9H2,1-2H3/i4D. The molecule has 1 unspecified atom stereocenters. The van der Waals surface area contributed by atoms with Gasteiger partial charge < -0.3 is 5.32 Å². The van der Waals surface area contributed by atoms with E-state index < -0.39 is 0 Å². The Morgan fingerprint density at radius 3 is 2.50 bits per heavy atom. The van der Waals surface area contributed by atoms with E-state index in [4.69, 9.17) is 1.37 Å². The number of rotatable bonds is 7. The van der Waals surface area contributed by atoms with Crippen LogP contribution in [0.2, 0.25) is 0 Å². The van der Waals surface area contributed by atoms with Crippen LogP contribution in [0.4, 0.5) is 0 Å². The van der Waals surface area contributed by atoms with E-state index in [2.05, 4.69) is 12.2 Å². The third kappa shape index (κ3) is 7.96. The van der Waals surface area contributed by atoms with E-state index in [9.17, 15) is 0 Å². The van der Waals surface area contributed by atoms with E-state index >= 15 is 0 Å². The quantitative estimate of drug-likeness (QED) is 0.541. The van der Waals surface area contributed by atoms with Crippen molar-refractivity contribution in [1.29, 1.82) is 0 Å². The molecule has 0 saturated heterocycles. The summed E-state index contributed by atoms with van der Waals surface area (Å²) < 4.78 is 7.23. The monoisotopic (exact) mass is 144 g/mol. The largest absolute Gasteiger partial charge is 0.317 e. The van der Waals surface area contributed by atoms with Gasteiger partial charge in [0.2, 0.25) is 0 Å². The summed E-state index contributed by atoms with van der Waals surface area (Å²) in [6.07, 6.45) is 5.28. The molecule has 1 heteroatoms. The lowest BCUT2D eigenvalue weighted by molar-refractivity contribution is 0.594. The van der Waals surface area contributed by atoms with Crippen molar-refractivity contribution >= 4 is 0 Å². The zero-order valence-corrected chi connectivity index (χ0v) is 7.32. The van der Waals surface area contributed by atoms with E-state index in [1.807, 2.05) is 6.92 Å². The minimum absolute atomic E-state index is 0.0428. The van der Waals surface area contributed by atoms with Gasteiger partial charge in [-0.05, 0) is 25.9 Å². The molecule has 0 aromatic heterocycles. The third-order valence-electron chi connectivity index (χ3n) is 1.56. The second-order valence-electron chi connectivity index (χ2n) is 2.67. The SMILES string of the molecule is [2H]C(C)CNCCCCCC. The molecule has 62 valence electrons. The van der Waals surface area contributed by atoms with Crippen LogP contribution in [0.1, 0.15) is 47.3 Å². The molecule has 1 N–H and O–H groups in total. The Morgan fingerprint density at radius 2 is 1.90 bits per heavy atom. The molecule has 10 heavy (non-hydrogen) atoms. The van der Waals surface area contributed by atoms with Crippen molar-refractivity contribution in [3.8, 4) is 0 Å². The van der Waals surface area contributed by atoms with Gasteiger partial charge in [0, 0.05) is 1.37 Å². The summed E-state index contributed by atoms with van der Waals surface area (Å²) in [5, 5.41) is 3.26. The average molecular weight is 144 g/mol. The topological polar surface area (TPSA) is 12.0 Å².